The number of methoxy groups -OCH3 is 1. The van der Waals surface area contributed by atoms with E-state index in [1.54, 1.807) is 13.2 Å². The maximum Gasteiger partial charge on any atom is 0.141 e. The summed E-state index contributed by atoms with van der Waals surface area (Å²) < 4.78 is 18.4. The van der Waals surface area contributed by atoms with Gasteiger partial charge in [-0.05, 0) is 55.3 Å². The molecule has 21 heavy (non-hydrogen) atoms. The third-order valence-electron chi connectivity index (χ3n) is 3.55. The van der Waals surface area contributed by atoms with Crippen LogP contribution in [0.1, 0.15) is 35.3 Å². The summed E-state index contributed by atoms with van der Waals surface area (Å²) >= 11 is 0. The number of halogens is 1. The number of nitrogens with one attached hydrogen (secondary N) is 1. The highest BCUT2D eigenvalue weighted by Crippen LogP contribution is 2.29. The first-order valence-corrected chi connectivity index (χ1v) is 7.06. The van der Waals surface area contributed by atoms with Gasteiger partial charge < -0.3 is 10.1 Å². The molecule has 1 aromatic heterocycles. The molecular weight excluding hydrogens is 267 g/mol. The van der Waals surface area contributed by atoms with Crippen LogP contribution >= 0.6 is 0 Å². The van der Waals surface area contributed by atoms with Crippen LogP contribution in [-0.4, -0.2) is 18.6 Å². The monoisotopic (exact) mass is 288 g/mol. The van der Waals surface area contributed by atoms with Crippen molar-refractivity contribution in [1.29, 1.82) is 0 Å². The standard InChI is InChI=1S/C17H21FN2O/c1-5-19-17(15-7-6-13(18)10-20-15)14-8-12(3)16(21-4)9-11(14)2/h6-10,17,19H,5H2,1-4H3. The minimum absolute atomic E-state index is 0.0554. The second-order valence-electron chi connectivity index (χ2n) is 5.07. The van der Waals surface area contributed by atoms with Crippen LogP contribution in [0.25, 0.3) is 0 Å². The van der Waals surface area contributed by atoms with E-state index in [0.717, 1.165) is 34.7 Å². The number of nitrogens with zero attached hydrogens (tertiary/aromatic N) is 1. The number of rotatable bonds is 5. The molecule has 1 aromatic carbocycles. The van der Waals surface area contributed by atoms with E-state index in [0.29, 0.717) is 0 Å². The second kappa shape index (κ2) is 6.68. The fraction of sp³-hybridized carbons (Fsp3) is 0.353. The van der Waals surface area contributed by atoms with Gasteiger partial charge in [-0.15, -0.1) is 0 Å². The van der Waals surface area contributed by atoms with Gasteiger partial charge in [0, 0.05) is 0 Å². The highest BCUT2D eigenvalue weighted by molar-refractivity contribution is 5.44. The van der Waals surface area contributed by atoms with Crippen LogP contribution in [0.3, 0.4) is 0 Å². The molecule has 0 saturated heterocycles. The molecule has 1 heterocycles. The SMILES string of the molecule is CCNC(c1ccc(F)cn1)c1cc(C)c(OC)cc1C. The van der Waals surface area contributed by atoms with E-state index in [4.69, 9.17) is 4.74 Å². The molecule has 1 unspecified atom stereocenters. The van der Waals surface area contributed by atoms with Gasteiger partial charge in [0.05, 0.1) is 25.0 Å². The van der Waals surface area contributed by atoms with Crippen molar-refractivity contribution >= 4 is 0 Å². The molecule has 0 saturated carbocycles. The molecule has 0 bridgehead atoms. The van der Waals surface area contributed by atoms with Gasteiger partial charge in [0.1, 0.15) is 11.6 Å². The molecule has 0 radical (unpaired) electrons. The van der Waals surface area contributed by atoms with Crippen LogP contribution in [0.4, 0.5) is 4.39 Å². The molecule has 0 amide bonds. The third kappa shape index (κ3) is 3.39. The molecule has 0 aliphatic rings. The summed E-state index contributed by atoms with van der Waals surface area (Å²) in [5.41, 5.74) is 4.14. The van der Waals surface area contributed by atoms with E-state index in [9.17, 15) is 4.39 Å². The predicted molar refractivity (Wildman–Crippen MR) is 82.2 cm³/mol. The molecule has 0 aliphatic carbocycles. The zero-order chi connectivity index (χ0) is 15.4. The zero-order valence-corrected chi connectivity index (χ0v) is 12.9. The number of hydrogen-bond acceptors (Lipinski definition) is 3. The van der Waals surface area contributed by atoms with Gasteiger partial charge in [0.2, 0.25) is 0 Å². The lowest BCUT2D eigenvalue weighted by Gasteiger charge is -2.21. The first kappa shape index (κ1) is 15.4. The average Bonchev–Trinajstić information content (AvgIpc) is 2.48. The van der Waals surface area contributed by atoms with E-state index in [2.05, 4.69) is 16.4 Å². The Hall–Kier alpha value is -1.94. The lowest BCUT2D eigenvalue weighted by atomic mass is 9.95. The first-order chi connectivity index (χ1) is 10.1. The summed E-state index contributed by atoms with van der Waals surface area (Å²) in [6.07, 6.45) is 1.26. The van der Waals surface area contributed by atoms with E-state index < -0.39 is 0 Å². The van der Waals surface area contributed by atoms with E-state index in [1.807, 2.05) is 26.8 Å². The Morgan fingerprint density at radius 3 is 2.57 bits per heavy atom. The van der Waals surface area contributed by atoms with Crippen molar-refractivity contribution in [3.8, 4) is 5.75 Å². The van der Waals surface area contributed by atoms with Crippen LogP contribution in [0.5, 0.6) is 5.75 Å². The summed E-state index contributed by atoms with van der Waals surface area (Å²) in [4.78, 5) is 4.22. The molecule has 2 aromatic rings. The van der Waals surface area contributed by atoms with Gasteiger partial charge in [0.15, 0.2) is 0 Å². The Kier molecular flexibility index (Phi) is 4.91. The van der Waals surface area contributed by atoms with Crippen LogP contribution in [-0.2, 0) is 0 Å². The summed E-state index contributed by atoms with van der Waals surface area (Å²) in [6, 6.07) is 7.24. The topological polar surface area (TPSA) is 34.2 Å². The zero-order valence-electron chi connectivity index (χ0n) is 12.9. The number of aryl methyl sites for hydroxylation is 2. The Morgan fingerprint density at radius 1 is 1.24 bits per heavy atom. The van der Waals surface area contributed by atoms with Gasteiger partial charge in [-0.25, -0.2) is 4.39 Å². The van der Waals surface area contributed by atoms with E-state index in [-0.39, 0.29) is 11.9 Å². The lowest BCUT2D eigenvalue weighted by Crippen LogP contribution is -2.24. The maximum absolute atomic E-state index is 13.1. The lowest BCUT2D eigenvalue weighted by molar-refractivity contribution is 0.411. The van der Waals surface area contributed by atoms with Crippen molar-refractivity contribution in [2.75, 3.05) is 13.7 Å². The van der Waals surface area contributed by atoms with Gasteiger partial charge in [-0.1, -0.05) is 13.0 Å². The Labute approximate surface area is 125 Å². The molecule has 4 heteroatoms. The summed E-state index contributed by atoms with van der Waals surface area (Å²) in [6.45, 7) is 6.91. The smallest absolute Gasteiger partial charge is 0.141 e. The summed E-state index contributed by atoms with van der Waals surface area (Å²) in [5, 5.41) is 3.41. The number of ether oxygens (including phenoxy) is 1. The van der Waals surface area contributed by atoms with Crippen molar-refractivity contribution < 1.29 is 9.13 Å². The van der Waals surface area contributed by atoms with E-state index in [1.165, 1.54) is 12.3 Å². The van der Waals surface area contributed by atoms with Crippen LogP contribution in [0.2, 0.25) is 0 Å². The largest absolute Gasteiger partial charge is 0.496 e. The molecule has 2 rings (SSSR count). The van der Waals surface area contributed by atoms with Gasteiger partial charge >= 0.3 is 0 Å². The molecule has 0 fully saturated rings. The quantitative estimate of drug-likeness (QED) is 0.913. The maximum atomic E-state index is 13.1. The van der Waals surface area contributed by atoms with Gasteiger partial charge in [0.25, 0.3) is 0 Å². The van der Waals surface area contributed by atoms with Crippen LogP contribution in [0.15, 0.2) is 30.5 Å². The second-order valence-corrected chi connectivity index (χ2v) is 5.07. The highest BCUT2D eigenvalue weighted by Gasteiger charge is 2.18. The average molecular weight is 288 g/mol. The number of hydrogen-bond donors (Lipinski definition) is 1. The third-order valence-corrected chi connectivity index (χ3v) is 3.55. The first-order valence-electron chi connectivity index (χ1n) is 7.06. The van der Waals surface area contributed by atoms with Crippen molar-refractivity contribution in [2.45, 2.75) is 26.8 Å². The van der Waals surface area contributed by atoms with Crippen LogP contribution < -0.4 is 10.1 Å². The van der Waals surface area contributed by atoms with Crippen LogP contribution in [0, 0.1) is 19.7 Å². The molecule has 0 aliphatic heterocycles. The molecule has 1 atom stereocenters. The molecule has 112 valence electrons. The van der Waals surface area contributed by atoms with Crippen molar-refractivity contribution in [1.82, 2.24) is 10.3 Å². The molecular formula is C17H21FN2O. The molecule has 0 spiro atoms. The highest BCUT2D eigenvalue weighted by atomic mass is 19.1. The van der Waals surface area contributed by atoms with Gasteiger partial charge in [-0.3, -0.25) is 4.98 Å². The van der Waals surface area contributed by atoms with Crippen molar-refractivity contribution in [3.63, 3.8) is 0 Å². The number of pyridine rings is 1. The van der Waals surface area contributed by atoms with Crippen molar-refractivity contribution in [3.05, 3.63) is 58.7 Å². The summed E-state index contributed by atoms with van der Waals surface area (Å²) in [7, 11) is 1.67. The Bertz CT molecular complexity index is 611. The van der Waals surface area contributed by atoms with Gasteiger partial charge in [-0.2, -0.15) is 0 Å². The van der Waals surface area contributed by atoms with E-state index >= 15 is 0 Å². The summed E-state index contributed by atoms with van der Waals surface area (Å²) in [5.74, 6) is 0.551. The fourth-order valence-electron chi connectivity index (χ4n) is 2.48. The molecule has 3 nitrogen and oxygen atoms in total. The Morgan fingerprint density at radius 2 is 2.00 bits per heavy atom. The molecule has 1 N–H and O–H groups in total. The minimum atomic E-state index is -0.323. The minimum Gasteiger partial charge on any atom is -0.496 e. The predicted octanol–water partition coefficient (Wildman–Crippen LogP) is 3.55. The Balaban J connectivity index is 2.47. The number of aromatic nitrogens is 1. The normalized spacial score (nSPS) is 12.2. The van der Waals surface area contributed by atoms with Crippen molar-refractivity contribution in [2.24, 2.45) is 0 Å². The number of benzene rings is 1. The fourth-order valence-corrected chi connectivity index (χ4v) is 2.48.